The maximum absolute atomic E-state index is 13.3. The lowest BCUT2D eigenvalue weighted by Gasteiger charge is -2.45. The molecule has 1 aliphatic heterocycles. The first kappa shape index (κ1) is 23.7. The van der Waals surface area contributed by atoms with Gasteiger partial charge in [0.05, 0.1) is 12.1 Å². The van der Waals surface area contributed by atoms with Gasteiger partial charge in [-0.25, -0.2) is 0 Å². The van der Waals surface area contributed by atoms with Crippen LogP contribution in [0.5, 0.6) is 0 Å². The third-order valence-electron chi connectivity index (χ3n) is 6.52. The fourth-order valence-electron chi connectivity index (χ4n) is 5.32. The minimum Gasteiger partial charge on any atom is -0.483 e. The number of aliphatic imine (C=N–C) groups is 1. The van der Waals surface area contributed by atoms with Gasteiger partial charge in [0.2, 0.25) is 0 Å². The van der Waals surface area contributed by atoms with Crippen LogP contribution in [0, 0.1) is 5.92 Å². The molecule has 0 amide bonds. The first-order valence-electron chi connectivity index (χ1n) is 10.2. The summed E-state index contributed by atoms with van der Waals surface area (Å²) in [6, 6.07) is 16.4. The first-order chi connectivity index (χ1) is 15.7. The van der Waals surface area contributed by atoms with Crippen molar-refractivity contribution in [3.8, 4) is 0 Å². The van der Waals surface area contributed by atoms with Crippen molar-refractivity contribution in [2.75, 3.05) is 7.11 Å². The molecule has 0 aromatic heterocycles. The molecular weight excluding hydrogens is 510 g/mol. The Morgan fingerprint density at radius 3 is 2.45 bits per heavy atom. The predicted molar refractivity (Wildman–Crippen MR) is 129 cm³/mol. The lowest BCUT2D eigenvalue weighted by atomic mass is 9.75. The molecule has 1 heterocycles. The van der Waals surface area contributed by atoms with Crippen LogP contribution in [0.4, 0.5) is 0 Å². The maximum atomic E-state index is 13.3. The number of fused-ring (bicyclic) bond motifs is 2. The molecule has 1 aliphatic carbocycles. The van der Waals surface area contributed by atoms with Crippen LogP contribution in [0.25, 0.3) is 0 Å². The summed E-state index contributed by atoms with van der Waals surface area (Å²) in [6.45, 7) is 5.05. The van der Waals surface area contributed by atoms with E-state index >= 15 is 0 Å². The number of carbonyl (C=O) groups is 1. The molecule has 5 atom stereocenters. The Morgan fingerprint density at radius 1 is 1.24 bits per heavy atom. The van der Waals surface area contributed by atoms with Crippen molar-refractivity contribution in [3.63, 3.8) is 0 Å². The molecule has 2 bridgehead atoms. The van der Waals surface area contributed by atoms with Crippen LogP contribution in [-0.2, 0) is 19.9 Å². The quantitative estimate of drug-likeness (QED) is 0.440. The first-order valence-corrected chi connectivity index (χ1v) is 11.4. The van der Waals surface area contributed by atoms with E-state index in [0.717, 1.165) is 4.47 Å². The molecule has 33 heavy (non-hydrogen) atoms. The maximum Gasteiger partial charge on any atom is 0.312 e. The molecule has 3 unspecified atom stereocenters. The summed E-state index contributed by atoms with van der Waals surface area (Å²) < 4.78 is 12.5. The molecule has 0 radical (unpaired) electrons. The summed E-state index contributed by atoms with van der Waals surface area (Å²) in [7, 11) is 1.24. The largest absolute Gasteiger partial charge is 0.483 e. The fraction of sp³-hybridized carbons (Fsp3) is 0.280. The number of hydrogen-bond acceptors (Lipinski definition) is 6. The van der Waals surface area contributed by atoms with E-state index in [1.54, 1.807) is 19.1 Å². The van der Waals surface area contributed by atoms with Crippen LogP contribution in [0.1, 0.15) is 24.0 Å². The molecular formula is C25H23BrClNO5. The third-order valence-corrected chi connectivity index (χ3v) is 7.34. The Kier molecular flexibility index (Phi) is 6.26. The molecule has 2 aliphatic rings. The van der Waals surface area contributed by atoms with Gasteiger partial charge in [0.1, 0.15) is 23.4 Å². The number of aliphatic hydroxyl groups is 2. The summed E-state index contributed by atoms with van der Waals surface area (Å²) in [5.74, 6) is -2.47. The van der Waals surface area contributed by atoms with Crippen molar-refractivity contribution in [1.29, 1.82) is 0 Å². The number of aliphatic hydroxyl groups excluding tert-OH is 1. The van der Waals surface area contributed by atoms with E-state index in [1.807, 2.05) is 42.5 Å². The second kappa shape index (κ2) is 8.72. The highest BCUT2D eigenvalue weighted by Crippen LogP contribution is 2.66. The number of methoxy groups -OCH3 is 1. The molecule has 1 fully saturated rings. The molecule has 2 aromatic carbocycles. The Hall–Kier alpha value is -2.45. The van der Waals surface area contributed by atoms with Crippen LogP contribution in [0.15, 0.2) is 86.6 Å². The van der Waals surface area contributed by atoms with Crippen LogP contribution in [0.3, 0.4) is 0 Å². The van der Waals surface area contributed by atoms with Crippen LogP contribution >= 0.6 is 27.5 Å². The molecule has 2 aromatic rings. The average Bonchev–Trinajstić information content (AvgIpc) is 2.93. The molecule has 0 saturated heterocycles. The second-order valence-corrected chi connectivity index (χ2v) is 9.43. The smallest absolute Gasteiger partial charge is 0.312 e. The van der Waals surface area contributed by atoms with Crippen LogP contribution in [-0.4, -0.2) is 41.7 Å². The summed E-state index contributed by atoms with van der Waals surface area (Å²) in [5.41, 5.74) is -2.26. The number of esters is 1. The number of nitrogens with zero attached hydrogens (tertiary/aromatic N) is 1. The monoisotopic (exact) mass is 531 g/mol. The molecule has 2 N–H and O–H groups in total. The van der Waals surface area contributed by atoms with E-state index in [1.165, 1.54) is 13.3 Å². The summed E-state index contributed by atoms with van der Waals surface area (Å²) in [5, 5.41) is 24.0. The minimum absolute atomic E-state index is 0.0103. The molecule has 0 spiro atoms. The Morgan fingerprint density at radius 2 is 1.88 bits per heavy atom. The average molecular weight is 533 g/mol. The summed E-state index contributed by atoms with van der Waals surface area (Å²) >= 11 is 9.91. The van der Waals surface area contributed by atoms with Gasteiger partial charge in [-0.3, -0.25) is 9.79 Å². The summed E-state index contributed by atoms with van der Waals surface area (Å²) in [4.78, 5) is 17.0. The highest BCUT2D eigenvalue weighted by Gasteiger charge is 2.76. The minimum atomic E-state index is -2.12. The predicted octanol–water partition coefficient (Wildman–Crippen LogP) is 4.41. The number of carbonyl (C=O) groups excluding carboxylic acids is 1. The van der Waals surface area contributed by atoms with Crippen molar-refractivity contribution in [2.24, 2.45) is 10.9 Å². The third kappa shape index (κ3) is 3.37. The number of rotatable bonds is 5. The molecule has 4 rings (SSSR count). The normalized spacial score (nSPS) is 31.2. The van der Waals surface area contributed by atoms with Crippen molar-refractivity contribution >= 4 is 40.2 Å². The molecule has 1 saturated carbocycles. The molecule has 8 heteroatoms. The number of halogens is 2. The number of ether oxygens (including phenoxy) is 2. The van der Waals surface area contributed by atoms with E-state index in [9.17, 15) is 15.0 Å². The number of hydrogen-bond donors (Lipinski definition) is 2. The zero-order valence-corrected chi connectivity index (χ0v) is 20.4. The standard InChI is InChI=1S/C25H23BrClNO5/c1-14-19(18(27)13-28-2)24(31)21(22(29)32-3)20(15-7-5-4-6-8-15)25(33-14,23(24)30)16-9-11-17(26)12-10-16/h4-13,20-21,23,30-31H,2H2,1,3H3/b18-13+/t20?,21?,23?,24-,25-/m0/s1. The number of allylic oxidation sites excluding steroid dienone is 1. The van der Waals surface area contributed by atoms with E-state index in [4.69, 9.17) is 21.1 Å². The van der Waals surface area contributed by atoms with Gasteiger partial charge in [-0.15, -0.1) is 0 Å². The van der Waals surface area contributed by atoms with Crippen LogP contribution in [0.2, 0.25) is 0 Å². The van der Waals surface area contributed by atoms with Gasteiger partial charge in [0.25, 0.3) is 0 Å². The lowest BCUT2D eigenvalue weighted by Crippen LogP contribution is -2.56. The van der Waals surface area contributed by atoms with E-state index in [2.05, 4.69) is 27.6 Å². The van der Waals surface area contributed by atoms with Gasteiger partial charge >= 0.3 is 5.97 Å². The van der Waals surface area contributed by atoms with Gasteiger partial charge in [-0.1, -0.05) is 70.0 Å². The SMILES string of the molecule is C=N/C=C(/Cl)C1=C(C)O[C@@]2(c3ccc(Br)cc3)C(c3ccccc3)C(C(=O)OC)[C@]1(O)C2O. The highest BCUT2D eigenvalue weighted by molar-refractivity contribution is 9.10. The second-order valence-electron chi connectivity index (χ2n) is 8.11. The lowest BCUT2D eigenvalue weighted by molar-refractivity contribution is -0.166. The zero-order chi connectivity index (χ0) is 24.0. The summed E-state index contributed by atoms with van der Waals surface area (Å²) in [6.07, 6.45) is -0.322. The van der Waals surface area contributed by atoms with Crippen molar-refractivity contribution in [2.45, 2.75) is 30.1 Å². The Bertz CT molecular complexity index is 1150. The van der Waals surface area contributed by atoms with Crippen molar-refractivity contribution in [1.82, 2.24) is 0 Å². The topological polar surface area (TPSA) is 88.4 Å². The van der Waals surface area contributed by atoms with Gasteiger partial charge in [0, 0.05) is 22.2 Å². The van der Waals surface area contributed by atoms with Gasteiger partial charge in [0.15, 0.2) is 5.60 Å². The van der Waals surface area contributed by atoms with Crippen molar-refractivity contribution < 1.29 is 24.5 Å². The molecule has 6 nitrogen and oxygen atoms in total. The van der Waals surface area contributed by atoms with Gasteiger partial charge in [-0.2, -0.15) is 0 Å². The highest BCUT2D eigenvalue weighted by atomic mass is 79.9. The van der Waals surface area contributed by atoms with Crippen molar-refractivity contribution in [3.05, 3.63) is 92.8 Å². The fourth-order valence-corrected chi connectivity index (χ4v) is 5.94. The zero-order valence-electron chi connectivity index (χ0n) is 18.0. The molecule has 172 valence electrons. The van der Waals surface area contributed by atoms with Gasteiger partial charge in [-0.05, 0) is 36.9 Å². The van der Waals surface area contributed by atoms with Gasteiger partial charge < -0.3 is 19.7 Å². The van der Waals surface area contributed by atoms with Crippen LogP contribution < -0.4 is 0 Å². The Labute approximate surface area is 205 Å². The van der Waals surface area contributed by atoms with E-state index in [0.29, 0.717) is 11.1 Å². The number of benzene rings is 2. The van der Waals surface area contributed by atoms with E-state index < -0.39 is 35.1 Å². The Balaban J connectivity index is 2.11. The van der Waals surface area contributed by atoms with E-state index in [-0.39, 0.29) is 16.4 Å².